The number of halogens is 2. The van der Waals surface area contributed by atoms with E-state index in [2.05, 4.69) is 98.6 Å². The van der Waals surface area contributed by atoms with Gasteiger partial charge in [0.2, 0.25) is 35.7 Å². The number of aryl methyl sites for hydroxylation is 2. The number of anilines is 12. The smallest absolute Gasteiger partial charge is 0.227 e. The fraction of sp³-hybridized carbons (Fsp3) is 0.179. The van der Waals surface area contributed by atoms with Crippen LogP contribution in [0.15, 0.2) is 298 Å². The third-order valence-electron chi connectivity index (χ3n) is 23.5. The Bertz CT molecular complexity index is 7300. The summed E-state index contributed by atoms with van der Waals surface area (Å²) in [6.07, 6.45) is 10.3. The first-order valence-corrected chi connectivity index (χ1v) is 47.5. The van der Waals surface area contributed by atoms with Crippen LogP contribution in [0.5, 0.6) is 74.7 Å². The lowest BCUT2D eigenvalue weighted by Crippen LogP contribution is -2.00. The topological polar surface area (TPSA) is 347 Å². The molecule has 0 saturated heterocycles. The molecule has 6 N–H and O–H groups in total. The van der Waals surface area contributed by atoms with Crippen LogP contribution in [-0.4, -0.2) is 152 Å². The van der Waals surface area contributed by atoms with E-state index in [1.807, 2.05) is 279 Å². The average molecular weight is 2040 g/mol. The lowest BCUT2D eigenvalue weighted by atomic mass is 10.1. The largest absolute Gasteiger partial charge is 0.497 e. The normalized spacial score (nSPS) is 10.4. The maximum atomic E-state index is 13.0. The number of nitrogens with zero attached hydrogens (tertiary/aromatic N) is 12. The van der Waals surface area contributed by atoms with Crippen molar-refractivity contribution in [3.8, 4) is 142 Å². The van der Waals surface area contributed by atoms with E-state index in [1.54, 1.807) is 148 Å². The molecule has 6 aromatic heterocycles. The second-order valence-electron chi connectivity index (χ2n) is 33.2. The van der Waals surface area contributed by atoms with Crippen molar-refractivity contribution in [1.29, 1.82) is 0 Å². The fourth-order valence-electron chi connectivity index (χ4n) is 15.3. The van der Waals surface area contributed by atoms with E-state index in [0.717, 1.165) is 210 Å². The van der Waals surface area contributed by atoms with Gasteiger partial charge in [0.25, 0.3) is 0 Å². The van der Waals surface area contributed by atoms with Crippen molar-refractivity contribution < 1.29 is 66.0 Å². The molecule has 0 aliphatic rings. The summed E-state index contributed by atoms with van der Waals surface area (Å²) < 4.78 is 83.5. The molecule has 18 rings (SSSR count). The molecule has 0 amide bonds. The van der Waals surface area contributed by atoms with Crippen molar-refractivity contribution in [2.45, 2.75) is 55.4 Å². The monoisotopic (exact) mass is 2040 g/mol. The van der Waals surface area contributed by atoms with E-state index in [4.69, 9.17) is 73.2 Å². The predicted octanol–water partition coefficient (Wildman–Crippen LogP) is 26.7. The van der Waals surface area contributed by atoms with Crippen molar-refractivity contribution in [2.75, 3.05) is 124 Å². The van der Waals surface area contributed by atoms with Crippen LogP contribution in [0.25, 0.3) is 67.5 Å². The second kappa shape index (κ2) is 53.4. The summed E-state index contributed by atoms with van der Waals surface area (Å²) in [5, 5.41) is 19.7. The summed E-state index contributed by atoms with van der Waals surface area (Å²) in [6.45, 7) is 15.8. The molecule has 0 aliphatic heterocycles. The molecule has 12 aromatic carbocycles. The molecule has 0 unspecified atom stereocenters. The lowest BCUT2D eigenvalue weighted by Gasteiger charge is -2.13. The van der Waals surface area contributed by atoms with Crippen LogP contribution in [0.4, 0.5) is 74.2 Å². The molecule has 31 nitrogen and oxygen atoms in total. The Hall–Kier alpha value is -18.5. The molecule has 0 atom stereocenters. The van der Waals surface area contributed by atoms with Crippen LogP contribution in [-0.2, 0) is 0 Å². The summed E-state index contributed by atoms with van der Waals surface area (Å²) in [5.41, 5.74) is 23.3. The third-order valence-corrected chi connectivity index (χ3v) is 23.7. The van der Waals surface area contributed by atoms with Gasteiger partial charge in [-0.15, -0.1) is 0 Å². The molecule has 18 aromatic rings. The third kappa shape index (κ3) is 29.2. The number of ether oxygens (including phenoxy) is 13. The second-order valence-corrected chi connectivity index (χ2v) is 33.6. The van der Waals surface area contributed by atoms with Crippen LogP contribution in [0, 0.1) is 61.2 Å². The van der Waals surface area contributed by atoms with E-state index < -0.39 is 0 Å². The standard InChI is InChI=1S/C20H21N3O3.2C20H21N3O2.C19H18ClN3O2.C19H18FN3O2.C19H19N3O2/c1-13-18(25-3)10-14(11-19(13)26-4)17-8-9-21-20(23-17)22-15-6-5-7-16(12-15)24-2;1-13-5-7-16(8-6-13)22-20-21-10-9-17(23-20)15-11-18(24-3)14(2)19(12-15)25-4;1-13-7-5-6-8-16(13)22-20-21-10-9-17(23-20)15-11-18(24-3)14(2)19(12-15)25-4;1-12-17(24-2)9-13(10-18(12)25-3)16-7-8-21-19(23-16)22-15-6-4-5-14(20)11-15;1-12-17(24-2)10-13(11-18(12)25-3)16-8-9-21-19(23-16)22-15-6-4-14(20)5-7-15;1-13-17(23-2)11-14(12-18(13)24-3)16-9-10-20-19(22-16)21-15-7-5-4-6-8-15/h5-12H,1-4H3,(H,21,22,23);2*5-12H,1-4H3,(H,21,22,23);2*4-11H,1-3H3,(H,21,22,23);4-12H,1-3H3,(H,20,21,22). The van der Waals surface area contributed by atoms with Crippen LogP contribution in [0.2, 0.25) is 5.02 Å². The zero-order chi connectivity index (χ0) is 107. The van der Waals surface area contributed by atoms with Gasteiger partial charge in [0, 0.05) is 149 Å². The SMILES string of the molecule is COc1cc(-c2ccnc(Nc3ccc(C)cc3)n2)cc(OC)c1C.COc1cc(-c2ccnc(Nc3ccc(F)cc3)n2)cc(OC)c1C.COc1cc(-c2ccnc(Nc3cccc(Cl)c3)n2)cc(OC)c1C.COc1cc(-c2ccnc(Nc3ccccc3)n2)cc(OC)c1C.COc1cc(-c2ccnc(Nc3ccccc3C)n2)cc(OC)c1C.COc1cccc(Nc2nccc(-c3cc(OC)c(C)c(OC)c3)n2)c1. The summed E-state index contributed by atoms with van der Waals surface area (Å²) in [4.78, 5) is 53.2. The number of rotatable bonds is 31. The van der Waals surface area contributed by atoms with Crippen molar-refractivity contribution in [2.24, 2.45) is 0 Å². The highest BCUT2D eigenvalue weighted by atomic mass is 35.5. The number of nitrogens with one attached hydrogen (secondary N) is 6. The highest BCUT2D eigenvalue weighted by Gasteiger charge is 2.21. The summed E-state index contributed by atoms with van der Waals surface area (Å²) in [5.74, 6) is 12.5. The zero-order valence-corrected chi connectivity index (χ0v) is 88.0. The molecule has 0 fully saturated rings. The van der Waals surface area contributed by atoms with Gasteiger partial charge in [-0.05, 0) is 255 Å². The summed E-state index contributed by atoms with van der Waals surface area (Å²) >= 11 is 6.01. The molecule has 0 aliphatic carbocycles. The van der Waals surface area contributed by atoms with E-state index in [1.165, 1.54) is 17.7 Å². The van der Waals surface area contributed by atoms with Gasteiger partial charge in [0.1, 0.15) is 80.6 Å². The Kier molecular flexibility index (Phi) is 38.7. The summed E-state index contributed by atoms with van der Waals surface area (Å²) in [7, 11) is 21.3. The van der Waals surface area contributed by atoms with E-state index in [-0.39, 0.29) is 5.82 Å². The van der Waals surface area contributed by atoms with Crippen LogP contribution >= 0.6 is 11.6 Å². The number of methoxy groups -OCH3 is 13. The fourth-order valence-corrected chi connectivity index (χ4v) is 15.5. The first-order chi connectivity index (χ1) is 72.8. The Morgan fingerprint density at radius 2 is 0.447 bits per heavy atom. The Labute approximate surface area is 877 Å². The molecular formula is C117H118ClFN18O13. The van der Waals surface area contributed by atoms with Gasteiger partial charge in [0.15, 0.2) is 0 Å². The van der Waals surface area contributed by atoms with Gasteiger partial charge in [-0.2, -0.15) is 0 Å². The molecule has 6 heterocycles. The van der Waals surface area contributed by atoms with Crippen molar-refractivity contribution in [3.05, 3.63) is 353 Å². The minimum atomic E-state index is -0.293. The first-order valence-electron chi connectivity index (χ1n) is 47.1. The number of benzene rings is 12. The predicted molar refractivity (Wildman–Crippen MR) is 591 cm³/mol. The van der Waals surface area contributed by atoms with Crippen molar-refractivity contribution in [1.82, 2.24) is 59.8 Å². The van der Waals surface area contributed by atoms with Crippen molar-refractivity contribution >= 4 is 81.4 Å². The number of hydrogen-bond donors (Lipinski definition) is 6. The van der Waals surface area contributed by atoms with Gasteiger partial charge < -0.3 is 93.5 Å². The highest BCUT2D eigenvalue weighted by Crippen LogP contribution is 2.42. The highest BCUT2D eigenvalue weighted by molar-refractivity contribution is 6.30. The lowest BCUT2D eigenvalue weighted by molar-refractivity contribution is 0.389. The summed E-state index contributed by atoms with van der Waals surface area (Å²) in [6, 6.07) is 81.3. The molecule has 150 heavy (non-hydrogen) atoms. The zero-order valence-electron chi connectivity index (χ0n) is 87.2. The van der Waals surface area contributed by atoms with Crippen LogP contribution in [0.3, 0.4) is 0 Å². The molecule has 0 radical (unpaired) electrons. The Morgan fingerprint density at radius 3 is 0.713 bits per heavy atom. The first kappa shape index (κ1) is 109. The Balaban J connectivity index is 0.000000150. The maximum Gasteiger partial charge on any atom is 0.227 e. The minimum Gasteiger partial charge on any atom is -0.497 e. The van der Waals surface area contributed by atoms with Gasteiger partial charge in [-0.25, -0.2) is 64.2 Å². The molecule has 0 bridgehead atoms. The molecular weight excluding hydrogens is 1920 g/mol. The molecule has 33 heteroatoms. The number of para-hydroxylation sites is 2. The van der Waals surface area contributed by atoms with E-state index >= 15 is 0 Å². The quantitative estimate of drug-likeness (QED) is 0.0235. The van der Waals surface area contributed by atoms with Gasteiger partial charge in [-0.3, -0.25) is 0 Å². The average Bonchev–Trinajstić information content (AvgIpc) is 0.822. The van der Waals surface area contributed by atoms with Gasteiger partial charge in [0.05, 0.1) is 127 Å². The van der Waals surface area contributed by atoms with Crippen LogP contribution < -0.4 is 93.5 Å². The minimum absolute atomic E-state index is 0.293. The molecule has 0 saturated carbocycles. The Morgan fingerprint density at radius 1 is 0.213 bits per heavy atom. The van der Waals surface area contributed by atoms with Gasteiger partial charge in [-0.1, -0.05) is 77.8 Å². The number of hydrogen-bond acceptors (Lipinski definition) is 31. The maximum absolute atomic E-state index is 13.0. The van der Waals surface area contributed by atoms with E-state index in [9.17, 15) is 4.39 Å². The van der Waals surface area contributed by atoms with Crippen LogP contribution in [0.1, 0.15) is 44.5 Å². The molecule has 768 valence electrons. The van der Waals surface area contributed by atoms with Crippen molar-refractivity contribution in [3.63, 3.8) is 0 Å². The van der Waals surface area contributed by atoms with Gasteiger partial charge >= 0.3 is 0 Å². The van der Waals surface area contributed by atoms with E-state index in [0.29, 0.717) is 46.4 Å². The molecule has 0 spiro atoms. The number of aromatic nitrogens is 12.